The van der Waals surface area contributed by atoms with E-state index in [1.54, 1.807) is 0 Å². The molecule has 0 unspecified atom stereocenters. The van der Waals surface area contributed by atoms with Gasteiger partial charge in [0.15, 0.2) is 0 Å². The molecule has 0 aliphatic heterocycles. The number of H-pyrrole nitrogens is 1. The van der Waals surface area contributed by atoms with Crippen LogP contribution in [0, 0.1) is 11.3 Å². The number of nitrogens with zero attached hydrogens (tertiary/aromatic N) is 1. The monoisotopic (exact) mass is 390 g/mol. The third-order valence-electron chi connectivity index (χ3n) is 4.29. The number of urea groups is 1. The molecule has 2 aromatic carbocycles. The number of anilines is 1. The van der Waals surface area contributed by atoms with E-state index >= 15 is 0 Å². The zero-order valence-corrected chi connectivity index (χ0v) is 16.3. The van der Waals surface area contributed by atoms with Crippen molar-refractivity contribution in [3.8, 4) is 11.8 Å². The summed E-state index contributed by atoms with van der Waals surface area (Å²) in [5, 5.41) is 19.1. The molecule has 3 aromatic rings. The van der Waals surface area contributed by atoms with Gasteiger partial charge >= 0.3 is 6.03 Å². The summed E-state index contributed by atoms with van der Waals surface area (Å²) in [6.45, 7) is 3.89. The van der Waals surface area contributed by atoms with Crippen molar-refractivity contribution >= 4 is 22.8 Å². The zero-order valence-electron chi connectivity index (χ0n) is 16.3. The lowest BCUT2D eigenvalue weighted by atomic mass is 10.1. The van der Waals surface area contributed by atoms with E-state index in [2.05, 4.69) is 27.0 Å². The van der Waals surface area contributed by atoms with E-state index in [1.807, 2.05) is 61.5 Å². The molecule has 29 heavy (non-hydrogen) atoms. The molecule has 0 saturated heterocycles. The van der Waals surface area contributed by atoms with Crippen molar-refractivity contribution in [3.05, 3.63) is 65.7 Å². The Labute approximate surface area is 169 Å². The van der Waals surface area contributed by atoms with Crippen LogP contribution in [0.1, 0.15) is 18.1 Å². The molecule has 7 heteroatoms. The lowest BCUT2D eigenvalue weighted by Crippen LogP contribution is -2.38. The van der Waals surface area contributed by atoms with Crippen molar-refractivity contribution < 1.29 is 14.5 Å². The van der Waals surface area contributed by atoms with Gasteiger partial charge in [0, 0.05) is 11.9 Å². The number of hydrogen-bond acceptors (Lipinski definition) is 4. The molecular weight excluding hydrogens is 366 g/mol. The Kier molecular flexibility index (Phi) is 6.85. The van der Waals surface area contributed by atoms with E-state index in [-0.39, 0.29) is 6.03 Å². The highest BCUT2D eigenvalue weighted by molar-refractivity contribution is 5.80. The Bertz CT molecular complexity index is 1010. The number of amides is 2. The van der Waals surface area contributed by atoms with Crippen LogP contribution in [0.4, 0.5) is 10.6 Å². The van der Waals surface area contributed by atoms with Gasteiger partial charge in [-0.2, -0.15) is 5.26 Å². The number of nitrogens with one attached hydrogen (secondary N) is 4. The van der Waals surface area contributed by atoms with Gasteiger partial charge < -0.3 is 15.4 Å². The fraction of sp³-hybridized carbons (Fsp3) is 0.227. The molecule has 0 aliphatic rings. The summed E-state index contributed by atoms with van der Waals surface area (Å²) in [5.41, 5.74) is 2.43. The number of aromatic amines is 1. The summed E-state index contributed by atoms with van der Waals surface area (Å²) < 4.78 is 5.51. The molecule has 1 aromatic heterocycles. The molecule has 7 nitrogen and oxygen atoms in total. The molecule has 0 aliphatic carbocycles. The van der Waals surface area contributed by atoms with Gasteiger partial charge in [0.25, 0.3) is 5.82 Å². The normalized spacial score (nSPS) is 10.2. The van der Waals surface area contributed by atoms with E-state index in [9.17, 15) is 10.1 Å². The Morgan fingerprint density at radius 3 is 2.69 bits per heavy atom. The minimum atomic E-state index is -0.234. The highest BCUT2D eigenvalue weighted by Gasteiger charge is 2.13. The summed E-state index contributed by atoms with van der Waals surface area (Å²) in [6.07, 6.45) is 0. The van der Waals surface area contributed by atoms with Crippen LogP contribution in [0.2, 0.25) is 0 Å². The van der Waals surface area contributed by atoms with Gasteiger partial charge in [-0.3, -0.25) is 5.32 Å². The SMILES string of the molecule is CCOc1ccc2[nH+]c(NCCNC(=O)NCc3ccccc3)c(C#N)cc2c1. The first-order chi connectivity index (χ1) is 14.2. The van der Waals surface area contributed by atoms with Crippen LogP contribution in [-0.2, 0) is 6.54 Å². The average Bonchev–Trinajstić information content (AvgIpc) is 2.75. The number of aromatic nitrogens is 1. The quantitative estimate of drug-likeness (QED) is 0.515. The number of carbonyl (C=O) groups excluding carboxylic acids is 1. The number of rotatable bonds is 8. The van der Waals surface area contributed by atoms with E-state index in [0.717, 1.165) is 22.2 Å². The second kappa shape index (κ2) is 9.95. The van der Waals surface area contributed by atoms with Gasteiger partial charge in [-0.15, -0.1) is 0 Å². The van der Waals surface area contributed by atoms with Gasteiger partial charge in [0.2, 0.25) is 0 Å². The van der Waals surface area contributed by atoms with Crippen molar-refractivity contribution in [1.82, 2.24) is 10.6 Å². The van der Waals surface area contributed by atoms with Gasteiger partial charge in [-0.1, -0.05) is 30.3 Å². The number of ether oxygens (including phenoxy) is 1. The molecule has 4 N–H and O–H groups in total. The first-order valence-corrected chi connectivity index (χ1v) is 9.52. The number of pyridine rings is 1. The fourth-order valence-electron chi connectivity index (χ4n) is 2.89. The predicted molar refractivity (Wildman–Crippen MR) is 112 cm³/mol. The van der Waals surface area contributed by atoms with Gasteiger partial charge in [-0.05, 0) is 36.8 Å². The largest absolute Gasteiger partial charge is 0.494 e. The van der Waals surface area contributed by atoms with Gasteiger partial charge in [0.1, 0.15) is 29.4 Å². The minimum Gasteiger partial charge on any atom is -0.494 e. The maximum atomic E-state index is 11.9. The van der Waals surface area contributed by atoms with E-state index in [4.69, 9.17) is 4.74 Å². The topological polar surface area (TPSA) is 100 Å². The van der Waals surface area contributed by atoms with Crippen LogP contribution in [-0.4, -0.2) is 25.7 Å². The lowest BCUT2D eigenvalue weighted by Gasteiger charge is -2.08. The van der Waals surface area contributed by atoms with Crippen molar-refractivity contribution in [2.45, 2.75) is 13.5 Å². The molecule has 2 amide bonds. The Morgan fingerprint density at radius 2 is 1.93 bits per heavy atom. The van der Waals surface area contributed by atoms with E-state index in [0.29, 0.717) is 37.6 Å². The predicted octanol–water partition coefficient (Wildman–Crippen LogP) is 2.84. The second-order valence-electron chi connectivity index (χ2n) is 6.37. The summed E-state index contributed by atoms with van der Waals surface area (Å²) in [7, 11) is 0. The molecule has 0 spiro atoms. The highest BCUT2D eigenvalue weighted by atomic mass is 16.5. The Morgan fingerprint density at radius 1 is 1.10 bits per heavy atom. The average molecular weight is 390 g/mol. The lowest BCUT2D eigenvalue weighted by molar-refractivity contribution is -0.327. The van der Waals surface area contributed by atoms with Crippen LogP contribution in [0.15, 0.2) is 54.6 Å². The van der Waals surface area contributed by atoms with E-state index < -0.39 is 0 Å². The number of nitriles is 1. The van der Waals surface area contributed by atoms with Crippen LogP contribution >= 0.6 is 0 Å². The number of benzene rings is 2. The van der Waals surface area contributed by atoms with E-state index in [1.165, 1.54) is 0 Å². The van der Waals surface area contributed by atoms with Crippen LogP contribution in [0.5, 0.6) is 5.75 Å². The van der Waals surface area contributed by atoms with Crippen LogP contribution in [0.3, 0.4) is 0 Å². The Hall–Kier alpha value is -3.79. The third-order valence-corrected chi connectivity index (χ3v) is 4.29. The zero-order chi connectivity index (χ0) is 20.5. The highest BCUT2D eigenvalue weighted by Crippen LogP contribution is 2.21. The molecule has 0 atom stereocenters. The van der Waals surface area contributed by atoms with Gasteiger partial charge in [-0.25, -0.2) is 9.78 Å². The summed E-state index contributed by atoms with van der Waals surface area (Å²) in [4.78, 5) is 15.1. The molecule has 1 heterocycles. The first-order valence-electron chi connectivity index (χ1n) is 9.52. The molecular formula is C22H24N5O2+. The summed E-state index contributed by atoms with van der Waals surface area (Å²) in [6, 6.07) is 19.2. The molecule has 0 fully saturated rings. The van der Waals surface area contributed by atoms with Crippen LogP contribution in [0.25, 0.3) is 10.9 Å². The molecule has 0 radical (unpaired) electrons. The molecule has 148 valence electrons. The van der Waals surface area contributed by atoms with Crippen molar-refractivity contribution in [2.24, 2.45) is 0 Å². The number of carbonyl (C=O) groups is 1. The molecule has 0 saturated carbocycles. The molecule has 0 bridgehead atoms. The number of hydrogen-bond donors (Lipinski definition) is 3. The van der Waals surface area contributed by atoms with Crippen molar-refractivity contribution in [1.29, 1.82) is 5.26 Å². The molecule has 3 rings (SSSR count). The number of fused-ring (bicyclic) bond motifs is 1. The first kappa shape index (κ1) is 20.0. The summed E-state index contributed by atoms with van der Waals surface area (Å²) >= 11 is 0. The third kappa shape index (κ3) is 5.59. The van der Waals surface area contributed by atoms with Crippen molar-refractivity contribution in [3.63, 3.8) is 0 Å². The van der Waals surface area contributed by atoms with Crippen LogP contribution < -0.4 is 25.7 Å². The standard InChI is InChI=1S/C22H23N5O2/c1-2-29-19-8-9-20-17(13-19)12-18(14-23)21(27-20)24-10-11-25-22(28)26-15-16-6-4-3-5-7-16/h3-9,12-13H,2,10-11,15H2,1H3,(H,24,27)(H2,25,26,28)/p+1. The summed E-state index contributed by atoms with van der Waals surface area (Å²) in [5.74, 6) is 1.39. The minimum absolute atomic E-state index is 0.234. The second-order valence-corrected chi connectivity index (χ2v) is 6.37. The maximum absolute atomic E-state index is 11.9. The smallest absolute Gasteiger partial charge is 0.315 e. The van der Waals surface area contributed by atoms with Gasteiger partial charge in [0.05, 0.1) is 13.2 Å². The maximum Gasteiger partial charge on any atom is 0.315 e. The fourth-order valence-corrected chi connectivity index (χ4v) is 2.89. The van der Waals surface area contributed by atoms with Crippen molar-refractivity contribution in [2.75, 3.05) is 25.0 Å². The Balaban J connectivity index is 1.52.